The molecule has 0 unspecified atom stereocenters. The van der Waals surface area contributed by atoms with E-state index in [1.54, 1.807) is 17.7 Å². The van der Waals surface area contributed by atoms with Gasteiger partial charge in [0.2, 0.25) is 5.91 Å². The molecule has 1 saturated carbocycles. The molecule has 2 aromatic heterocycles. The standard InChI is InChI=1S/C18H24N4OS/c1-11-12(2)24-18-15(11)16(20-10-21-18)22-7-3-4-14(9-22)17(23)19-8-13-5-6-13/h10,13-14H,3-9H2,1-2H3,(H,19,23)/t14-/m0/s1. The SMILES string of the molecule is Cc1sc2ncnc(N3CCC[C@H](C(=O)NCC4CC4)C3)c2c1C. The number of piperidine rings is 1. The largest absolute Gasteiger partial charge is 0.356 e. The van der Waals surface area contributed by atoms with Crippen molar-refractivity contribution < 1.29 is 4.79 Å². The quantitative estimate of drug-likeness (QED) is 0.926. The molecule has 4 rings (SSSR count). The van der Waals surface area contributed by atoms with E-state index in [0.29, 0.717) is 0 Å². The third kappa shape index (κ3) is 2.99. The van der Waals surface area contributed by atoms with Crippen molar-refractivity contribution in [3.05, 3.63) is 16.8 Å². The predicted octanol–water partition coefficient (Wildman–Crippen LogP) is 3.05. The molecule has 0 aromatic carbocycles. The van der Waals surface area contributed by atoms with Crippen LogP contribution in [0.5, 0.6) is 0 Å². The monoisotopic (exact) mass is 344 g/mol. The van der Waals surface area contributed by atoms with E-state index in [0.717, 1.165) is 49.0 Å². The number of aromatic nitrogens is 2. The van der Waals surface area contributed by atoms with E-state index in [1.165, 1.54) is 28.7 Å². The molecule has 24 heavy (non-hydrogen) atoms. The molecule has 1 aliphatic carbocycles. The zero-order valence-electron chi connectivity index (χ0n) is 14.3. The van der Waals surface area contributed by atoms with Crippen LogP contribution in [0.3, 0.4) is 0 Å². The second-order valence-corrected chi connectivity index (χ2v) is 8.34. The van der Waals surface area contributed by atoms with E-state index in [2.05, 4.69) is 34.0 Å². The van der Waals surface area contributed by atoms with Crippen molar-refractivity contribution in [2.45, 2.75) is 39.5 Å². The first-order chi connectivity index (χ1) is 11.6. The predicted molar refractivity (Wildman–Crippen MR) is 97.6 cm³/mol. The number of amides is 1. The number of hydrogen-bond donors (Lipinski definition) is 1. The number of aryl methyl sites for hydroxylation is 2. The van der Waals surface area contributed by atoms with Gasteiger partial charge in [0.05, 0.1) is 11.3 Å². The lowest BCUT2D eigenvalue weighted by molar-refractivity contribution is -0.125. The highest BCUT2D eigenvalue weighted by Gasteiger charge is 2.29. The van der Waals surface area contributed by atoms with Gasteiger partial charge in [-0.3, -0.25) is 4.79 Å². The molecular formula is C18H24N4OS. The number of nitrogens with one attached hydrogen (secondary N) is 1. The number of thiophene rings is 1. The van der Waals surface area contributed by atoms with Crippen LogP contribution >= 0.6 is 11.3 Å². The third-order valence-electron chi connectivity index (χ3n) is 5.30. The molecule has 0 radical (unpaired) electrons. The molecule has 1 N–H and O–H groups in total. The summed E-state index contributed by atoms with van der Waals surface area (Å²) in [5.41, 5.74) is 1.27. The number of rotatable bonds is 4. The van der Waals surface area contributed by atoms with Crippen LogP contribution in [0.25, 0.3) is 10.2 Å². The molecule has 0 bridgehead atoms. The average molecular weight is 344 g/mol. The van der Waals surface area contributed by atoms with Gasteiger partial charge in [-0.25, -0.2) is 9.97 Å². The van der Waals surface area contributed by atoms with Gasteiger partial charge in [0.1, 0.15) is 17.0 Å². The number of carbonyl (C=O) groups excluding carboxylic acids is 1. The van der Waals surface area contributed by atoms with Crippen LogP contribution in [-0.2, 0) is 4.79 Å². The minimum atomic E-state index is 0.0718. The first-order valence-electron chi connectivity index (χ1n) is 8.87. The molecule has 1 amide bonds. The van der Waals surface area contributed by atoms with Gasteiger partial charge in [-0.05, 0) is 51.0 Å². The van der Waals surface area contributed by atoms with Crippen LogP contribution in [0.15, 0.2) is 6.33 Å². The van der Waals surface area contributed by atoms with E-state index in [1.807, 2.05) is 0 Å². The molecular weight excluding hydrogens is 320 g/mol. The summed E-state index contributed by atoms with van der Waals surface area (Å²) in [6.07, 6.45) is 6.21. The molecule has 3 heterocycles. The van der Waals surface area contributed by atoms with Gasteiger partial charge < -0.3 is 10.2 Å². The first kappa shape index (κ1) is 15.8. The Morgan fingerprint density at radius 1 is 1.33 bits per heavy atom. The minimum Gasteiger partial charge on any atom is -0.356 e. The van der Waals surface area contributed by atoms with E-state index >= 15 is 0 Å². The summed E-state index contributed by atoms with van der Waals surface area (Å²) in [5.74, 6) is 2.02. The fourth-order valence-corrected chi connectivity index (χ4v) is 4.49. The van der Waals surface area contributed by atoms with Crippen LogP contribution in [-0.4, -0.2) is 35.5 Å². The molecule has 1 aliphatic heterocycles. The molecule has 2 aliphatic rings. The van der Waals surface area contributed by atoms with Gasteiger partial charge in [0, 0.05) is 24.5 Å². The molecule has 1 saturated heterocycles. The summed E-state index contributed by atoms with van der Waals surface area (Å²) in [5, 5.41) is 4.31. The van der Waals surface area contributed by atoms with Gasteiger partial charge in [-0.2, -0.15) is 0 Å². The molecule has 2 fully saturated rings. The Balaban J connectivity index is 1.54. The summed E-state index contributed by atoms with van der Waals surface area (Å²) in [4.78, 5) is 26.1. The lowest BCUT2D eigenvalue weighted by Crippen LogP contribution is -2.43. The normalized spacial score (nSPS) is 21.2. The van der Waals surface area contributed by atoms with Crippen molar-refractivity contribution in [1.29, 1.82) is 0 Å². The number of anilines is 1. The molecule has 0 spiro atoms. The number of fused-ring (bicyclic) bond motifs is 1. The van der Waals surface area contributed by atoms with Crippen LogP contribution in [0, 0.1) is 25.7 Å². The van der Waals surface area contributed by atoms with E-state index < -0.39 is 0 Å². The second-order valence-electron chi connectivity index (χ2n) is 7.13. The van der Waals surface area contributed by atoms with Gasteiger partial charge in [0.25, 0.3) is 0 Å². The summed E-state index contributed by atoms with van der Waals surface area (Å²) in [7, 11) is 0. The fourth-order valence-electron chi connectivity index (χ4n) is 3.50. The van der Waals surface area contributed by atoms with E-state index in [9.17, 15) is 4.79 Å². The van der Waals surface area contributed by atoms with Crippen molar-refractivity contribution >= 4 is 33.3 Å². The smallest absolute Gasteiger partial charge is 0.224 e. The Hall–Kier alpha value is -1.69. The Morgan fingerprint density at radius 2 is 2.17 bits per heavy atom. The van der Waals surface area contributed by atoms with Crippen LogP contribution in [0.2, 0.25) is 0 Å². The summed E-state index contributed by atoms with van der Waals surface area (Å²) in [6, 6.07) is 0. The third-order valence-corrected chi connectivity index (χ3v) is 6.41. The number of carbonyl (C=O) groups is 1. The van der Waals surface area contributed by atoms with Crippen LogP contribution in [0.4, 0.5) is 5.82 Å². The maximum Gasteiger partial charge on any atom is 0.224 e. The average Bonchev–Trinajstić information content (AvgIpc) is 3.38. The Morgan fingerprint density at radius 3 is 2.96 bits per heavy atom. The fraction of sp³-hybridized carbons (Fsp3) is 0.611. The maximum atomic E-state index is 12.5. The Bertz CT molecular complexity index is 768. The van der Waals surface area contributed by atoms with E-state index in [-0.39, 0.29) is 11.8 Å². The zero-order valence-corrected chi connectivity index (χ0v) is 15.2. The summed E-state index contributed by atoms with van der Waals surface area (Å²) >= 11 is 1.73. The van der Waals surface area contributed by atoms with Crippen molar-refractivity contribution in [3.63, 3.8) is 0 Å². The minimum absolute atomic E-state index is 0.0718. The molecule has 1 atom stereocenters. The number of hydrogen-bond acceptors (Lipinski definition) is 5. The van der Waals surface area contributed by atoms with Crippen molar-refractivity contribution in [1.82, 2.24) is 15.3 Å². The lowest BCUT2D eigenvalue weighted by atomic mass is 9.96. The summed E-state index contributed by atoms with van der Waals surface area (Å²) < 4.78 is 0. The summed E-state index contributed by atoms with van der Waals surface area (Å²) in [6.45, 7) is 6.86. The topological polar surface area (TPSA) is 58.1 Å². The highest BCUT2D eigenvalue weighted by Crippen LogP contribution is 2.35. The lowest BCUT2D eigenvalue weighted by Gasteiger charge is -2.33. The van der Waals surface area contributed by atoms with Gasteiger partial charge >= 0.3 is 0 Å². The van der Waals surface area contributed by atoms with Crippen LogP contribution < -0.4 is 10.2 Å². The molecule has 5 nitrogen and oxygen atoms in total. The molecule has 2 aromatic rings. The number of nitrogens with zero attached hydrogens (tertiary/aromatic N) is 3. The highest BCUT2D eigenvalue weighted by atomic mass is 32.1. The maximum absolute atomic E-state index is 12.5. The van der Waals surface area contributed by atoms with Gasteiger partial charge in [0.15, 0.2) is 0 Å². The highest BCUT2D eigenvalue weighted by molar-refractivity contribution is 7.18. The van der Waals surface area contributed by atoms with Gasteiger partial charge in [-0.15, -0.1) is 11.3 Å². The second kappa shape index (κ2) is 6.31. The first-order valence-corrected chi connectivity index (χ1v) is 9.68. The van der Waals surface area contributed by atoms with E-state index in [4.69, 9.17) is 0 Å². The Kier molecular flexibility index (Phi) is 4.16. The molecule has 128 valence electrons. The van der Waals surface area contributed by atoms with Crippen molar-refractivity contribution in [2.24, 2.45) is 11.8 Å². The van der Waals surface area contributed by atoms with Crippen LogP contribution in [0.1, 0.15) is 36.1 Å². The van der Waals surface area contributed by atoms with Crippen molar-refractivity contribution in [3.8, 4) is 0 Å². The zero-order chi connectivity index (χ0) is 16.7. The molecule has 6 heteroatoms. The Labute approximate surface area is 146 Å². The van der Waals surface area contributed by atoms with Gasteiger partial charge in [-0.1, -0.05) is 0 Å². The van der Waals surface area contributed by atoms with Crippen molar-refractivity contribution in [2.75, 3.05) is 24.5 Å².